The molecule has 0 saturated carbocycles. The van der Waals surface area contributed by atoms with Crippen LogP contribution in [-0.2, 0) is 0 Å². The highest BCUT2D eigenvalue weighted by Crippen LogP contribution is 2.12. The summed E-state index contributed by atoms with van der Waals surface area (Å²) in [5.74, 6) is 0. The molecule has 0 aliphatic carbocycles. The van der Waals surface area contributed by atoms with E-state index in [0.717, 1.165) is 25.7 Å². The molecule has 0 bridgehead atoms. The Kier molecular flexibility index (Phi) is 2.70. The standard InChI is InChI=1S/C7H14N2O2/c8-6-4-2-1-3-5-9(6)7(10)11/h6H,1-5,8H2,(H,10,11). The van der Waals surface area contributed by atoms with Gasteiger partial charge in [-0.05, 0) is 19.3 Å². The zero-order chi connectivity index (χ0) is 8.27. The summed E-state index contributed by atoms with van der Waals surface area (Å²) in [7, 11) is 0. The van der Waals surface area contributed by atoms with Crippen LogP contribution < -0.4 is 5.73 Å². The molecule has 0 spiro atoms. The van der Waals surface area contributed by atoms with Crippen LogP contribution in [0.15, 0.2) is 0 Å². The van der Waals surface area contributed by atoms with Crippen LogP contribution in [-0.4, -0.2) is 28.8 Å². The molecule has 64 valence electrons. The first-order valence-electron chi connectivity index (χ1n) is 3.97. The Morgan fingerprint density at radius 3 is 2.82 bits per heavy atom. The molecule has 0 aromatic rings. The van der Waals surface area contributed by atoms with Gasteiger partial charge in [-0.3, -0.25) is 4.90 Å². The molecule has 4 nitrogen and oxygen atoms in total. The van der Waals surface area contributed by atoms with E-state index in [2.05, 4.69) is 0 Å². The maximum atomic E-state index is 10.6. The number of likely N-dealkylation sites (tertiary alicyclic amines) is 1. The zero-order valence-electron chi connectivity index (χ0n) is 6.49. The van der Waals surface area contributed by atoms with Crippen molar-refractivity contribution in [2.45, 2.75) is 31.8 Å². The summed E-state index contributed by atoms with van der Waals surface area (Å²) in [5.41, 5.74) is 5.62. The number of hydrogen-bond donors (Lipinski definition) is 2. The maximum absolute atomic E-state index is 10.6. The van der Waals surface area contributed by atoms with E-state index in [1.165, 1.54) is 4.90 Å². The highest BCUT2D eigenvalue weighted by Gasteiger charge is 2.20. The number of rotatable bonds is 0. The lowest BCUT2D eigenvalue weighted by Crippen LogP contribution is -2.44. The Morgan fingerprint density at radius 2 is 2.18 bits per heavy atom. The smallest absolute Gasteiger partial charge is 0.408 e. The summed E-state index contributed by atoms with van der Waals surface area (Å²) >= 11 is 0. The highest BCUT2D eigenvalue weighted by atomic mass is 16.4. The minimum Gasteiger partial charge on any atom is -0.465 e. The van der Waals surface area contributed by atoms with Crippen LogP contribution >= 0.6 is 0 Å². The average Bonchev–Trinajstić information content (AvgIpc) is 2.13. The van der Waals surface area contributed by atoms with Crippen LogP contribution in [0, 0.1) is 0 Å². The molecule has 1 atom stereocenters. The first kappa shape index (κ1) is 8.33. The van der Waals surface area contributed by atoms with Gasteiger partial charge in [0.15, 0.2) is 0 Å². The van der Waals surface area contributed by atoms with Crippen LogP contribution in [0.25, 0.3) is 0 Å². The van der Waals surface area contributed by atoms with Crippen LogP contribution in [0.5, 0.6) is 0 Å². The predicted molar refractivity (Wildman–Crippen MR) is 41.2 cm³/mol. The van der Waals surface area contributed by atoms with E-state index in [4.69, 9.17) is 10.8 Å². The third-order valence-electron chi connectivity index (χ3n) is 2.04. The lowest BCUT2D eigenvalue weighted by molar-refractivity contribution is 0.127. The van der Waals surface area contributed by atoms with Gasteiger partial charge in [0, 0.05) is 6.54 Å². The van der Waals surface area contributed by atoms with Gasteiger partial charge in [0.1, 0.15) is 0 Å². The topological polar surface area (TPSA) is 66.6 Å². The van der Waals surface area contributed by atoms with Gasteiger partial charge < -0.3 is 10.8 Å². The summed E-state index contributed by atoms with van der Waals surface area (Å²) in [6, 6.07) is 0. The largest absolute Gasteiger partial charge is 0.465 e. The normalized spacial score (nSPS) is 26.3. The second-order valence-electron chi connectivity index (χ2n) is 2.89. The summed E-state index contributed by atoms with van der Waals surface area (Å²) in [4.78, 5) is 11.9. The SMILES string of the molecule is NC1CCCCCN1C(=O)O. The van der Waals surface area contributed by atoms with Gasteiger partial charge in [-0.15, -0.1) is 0 Å². The molecule has 1 unspecified atom stereocenters. The molecule has 0 aromatic carbocycles. The molecule has 1 aliphatic heterocycles. The first-order chi connectivity index (χ1) is 5.22. The third-order valence-corrected chi connectivity index (χ3v) is 2.04. The summed E-state index contributed by atoms with van der Waals surface area (Å²) < 4.78 is 0. The van der Waals surface area contributed by atoms with Crippen LogP contribution in [0.2, 0.25) is 0 Å². The lowest BCUT2D eigenvalue weighted by Gasteiger charge is -2.22. The second-order valence-corrected chi connectivity index (χ2v) is 2.89. The second kappa shape index (κ2) is 3.57. The predicted octanol–water partition coefficient (Wildman–Crippen LogP) is 0.825. The van der Waals surface area contributed by atoms with Crippen molar-refractivity contribution in [2.24, 2.45) is 5.73 Å². The van der Waals surface area contributed by atoms with Gasteiger partial charge in [0.2, 0.25) is 0 Å². The van der Waals surface area contributed by atoms with Crippen molar-refractivity contribution in [3.63, 3.8) is 0 Å². The van der Waals surface area contributed by atoms with E-state index < -0.39 is 6.09 Å². The van der Waals surface area contributed by atoms with Crippen molar-refractivity contribution in [3.05, 3.63) is 0 Å². The number of hydrogen-bond acceptors (Lipinski definition) is 2. The Hall–Kier alpha value is -0.770. The highest BCUT2D eigenvalue weighted by molar-refractivity contribution is 5.65. The van der Waals surface area contributed by atoms with Crippen molar-refractivity contribution in [3.8, 4) is 0 Å². The number of nitrogens with zero attached hydrogens (tertiary/aromatic N) is 1. The zero-order valence-corrected chi connectivity index (χ0v) is 6.49. The molecule has 0 radical (unpaired) electrons. The molecule has 0 aromatic heterocycles. The van der Waals surface area contributed by atoms with E-state index in [0.29, 0.717) is 6.54 Å². The monoisotopic (exact) mass is 158 g/mol. The number of carbonyl (C=O) groups is 1. The number of nitrogens with two attached hydrogens (primary N) is 1. The van der Waals surface area contributed by atoms with Gasteiger partial charge >= 0.3 is 6.09 Å². The minimum atomic E-state index is -0.889. The van der Waals surface area contributed by atoms with Crippen molar-refractivity contribution in [1.82, 2.24) is 4.90 Å². The van der Waals surface area contributed by atoms with Crippen LogP contribution in [0.4, 0.5) is 4.79 Å². The van der Waals surface area contributed by atoms with Crippen molar-refractivity contribution in [2.75, 3.05) is 6.54 Å². The fourth-order valence-electron chi connectivity index (χ4n) is 1.37. The van der Waals surface area contributed by atoms with E-state index in [-0.39, 0.29) is 6.17 Å². The van der Waals surface area contributed by atoms with Crippen molar-refractivity contribution >= 4 is 6.09 Å². The average molecular weight is 158 g/mol. The van der Waals surface area contributed by atoms with E-state index in [9.17, 15) is 4.79 Å². The van der Waals surface area contributed by atoms with Gasteiger partial charge in [0.05, 0.1) is 6.17 Å². The van der Waals surface area contributed by atoms with Crippen molar-refractivity contribution in [1.29, 1.82) is 0 Å². The Morgan fingerprint density at radius 1 is 1.45 bits per heavy atom. The van der Waals surface area contributed by atoms with Gasteiger partial charge in [0.25, 0.3) is 0 Å². The molecule has 1 aliphatic rings. The molecule has 3 N–H and O–H groups in total. The molecule has 11 heavy (non-hydrogen) atoms. The van der Waals surface area contributed by atoms with Gasteiger partial charge in [-0.1, -0.05) is 6.42 Å². The van der Waals surface area contributed by atoms with Gasteiger partial charge in [-0.25, -0.2) is 4.79 Å². The first-order valence-corrected chi connectivity index (χ1v) is 3.97. The quantitative estimate of drug-likeness (QED) is 0.548. The number of carboxylic acid groups (broad SMARTS) is 1. The van der Waals surface area contributed by atoms with Gasteiger partial charge in [-0.2, -0.15) is 0 Å². The van der Waals surface area contributed by atoms with Crippen LogP contribution in [0.1, 0.15) is 25.7 Å². The van der Waals surface area contributed by atoms with Crippen LogP contribution in [0.3, 0.4) is 0 Å². The molecule has 1 amide bonds. The molecular weight excluding hydrogens is 144 g/mol. The third kappa shape index (κ3) is 2.08. The Bertz CT molecular complexity index is 149. The molecule has 1 heterocycles. The molecule has 1 saturated heterocycles. The van der Waals surface area contributed by atoms with E-state index in [1.807, 2.05) is 0 Å². The fraction of sp³-hybridized carbons (Fsp3) is 0.857. The number of amides is 1. The van der Waals surface area contributed by atoms with E-state index in [1.54, 1.807) is 0 Å². The molecule has 1 fully saturated rings. The summed E-state index contributed by atoms with van der Waals surface area (Å²) in [6.45, 7) is 0.594. The molecular formula is C7H14N2O2. The van der Waals surface area contributed by atoms with Crippen molar-refractivity contribution < 1.29 is 9.90 Å². The Labute approximate surface area is 66.0 Å². The molecule has 4 heteroatoms. The minimum absolute atomic E-state index is 0.282. The molecule has 1 rings (SSSR count). The maximum Gasteiger partial charge on any atom is 0.408 e. The fourth-order valence-corrected chi connectivity index (χ4v) is 1.37. The lowest BCUT2D eigenvalue weighted by atomic mass is 10.2. The summed E-state index contributed by atoms with van der Waals surface area (Å²) in [6.07, 6.45) is 2.71. The van der Waals surface area contributed by atoms with E-state index >= 15 is 0 Å². The Balaban J connectivity index is 2.52. The summed E-state index contributed by atoms with van der Waals surface area (Å²) in [5, 5.41) is 8.68.